The van der Waals surface area contributed by atoms with Crippen LogP contribution in [0.3, 0.4) is 0 Å². The Morgan fingerprint density at radius 2 is 1.38 bits per heavy atom. The van der Waals surface area contributed by atoms with Crippen molar-refractivity contribution < 1.29 is 5.11 Å². The lowest BCUT2D eigenvalue weighted by Gasteiger charge is -2.39. The van der Waals surface area contributed by atoms with Gasteiger partial charge in [-0.2, -0.15) is 0 Å². The minimum atomic E-state index is -0.212. The van der Waals surface area contributed by atoms with E-state index in [1.54, 1.807) is 0 Å². The summed E-state index contributed by atoms with van der Waals surface area (Å²) >= 11 is 0. The molecule has 0 radical (unpaired) electrons. The van der Waals surface area contributed by atoms with E-state index in [9.17, 15) is 5.11 Å². The summed E-state index contributed by atoms with van der Waals surface area (Å²) < 4.78 is 0. The van der Waals surface area contributed by atoms with Crippen molar-refractivity contribution >= 4 is 0 Å². The molecule has 1 N–H and O–H groups in total. The topological polar surface area (TPSA) is 20.2 Å². The van der Waals surface area contributed by atoms with E-state index in [0.717, 1.165) is 6.42 Å². The van der Waals surface area contributed by atoms with Crippen LogP contribution in [0.15, 0.2) is 0 Å². The standard InChI is InChI=1S/C15H32O/c1-9-12(14(3,4)5)10-13(11(2)16)15(6,7)8/h11-13,16H,9-10H2,1-8H3. The Hall–Kier alpha value is -0.0400. The van der Waals surface area contributed by atoms with Crippen molar-refractivity contribution in [1.82, 2.24) is 0 Å². The third-order valence-corrected chi connectivity index (χ3v) is 3.95. The molecule has 98 valence electrons. The molecule has 0 fully saturated rings. The van der Waals surface area contributed by atoms with Gasteiger partial charge in [0.25, 0.3) is 0 Å². The number of rotatable bonds is 4. The first-order valence-electron chi connectivity index (χ1n) is 6.68. The normalized spacial score (nSPS) is 19.3. The van der Waals surface area contributed by atoms with Gasteiger partial charge in [-0.1, -0.05) is 54.9 Å². The van der Waals surface area contributed by atoms with Gasteiger partial charge in [-0.3, -0.25) is 0 Å². The van der Waals surface area contributed by atoms with Crippen molar-refractivity contribution in [2.24, 2.45) is 22.7 Å². The van der Waals surface area contributed by atoms with Crippen molar-refractivity contribution in [3.63, 3.8) is 0 Å². The Morgan fingerprint density at radius 3 is 1.56 bits per heavy atom. The predicted molar refractivity (Wildman–Crippen MR) is 72.5 cm³/mol. The molecule has 0 saturated carbocycles. The van der Waals surface area contributed by atoms with Gasteiger partial charge in [-0.25, -0.2) is 0 Å². The van der Waals surface area contributed by atoms with Gasteiger partial charge in [0.15, 0.2) is 0 Å². The Balaban J connectivity index is 4.75. The van der Waals surface area contributed by atoms with Crippen LogP contribution >= 0.6 is 0 Å². The van der Waals surface area contributed by atoms with Gasteiger partial charge in [0, 0.05) is 0 Å². The van der Waals surface area contributed by atoms with E-state index in [1.165, 1.54) is 6.42 Å². The quantitative estimate of drug-likeness (QED) is 0.751. The Bertz CT molecular complexity index is 192. The molecule has 0 aliphatic rings. The highest BCUT2D eigenvalue weighted by Gasteiger charge is 2.34. The van der Waals surface area contributed by atoms with E-state index in [0.29, 0.717) is 17.3 Å². The molecule has 1 heteroatoms. The maximum Gasteiger partial charge on any atom is 0.0545 e. The van der Waals surface area contributed by atoms with Crippen molar-refractivity contribution in [2.45, 2.75) is 74.3 Å². The molecule has 0 aliphatic carbocycles. The van der Waals surface area contributed by atoms with Gasteiger partial charge in [0.1, 0.15) is 0 Å². The van der Waals surface area contributed by atoms with Crippen LogP contribution in [-0.4, -0.2) is 11.2 Å². The lowest BCUT2D eigenvalue weighted by molar-refractivity contribution is 0.0231. The number of aliphatic hydroxyl groups is 1. The summed E-state index contributed by atoms with van der Waals surface area (Å²) in [5, 5.41) is 9.96. The van der Waals surface area contributed by atoms with Crippen LogP contribution < -0.4 is 0 Å². The second-order valence-corrected chi connectivity index (χ2v) is 7.42. The fourth-order valence-electron chi connectivity index (χ4n) is 2.71. The molecule has 0 rings (SSSR count). The molecule has 0 aromatic carbocycles. The van der Waals surface area contributed by atoms with Crippen molar-refractivity contribution in [3.05, 3.63) is 0 Å². The molecule has 1 nitrogen and oxygen atoms in total. The van der Waals surface area contributed by atoms with Crippen LogP contribution in [0.1, 0.15) is 68.2 Å². The van der Waals surface area contributed by atoms with Gasteiger partial charge in [-0.05, 0) is 36.0 Å². The summed E-state index contributed by atoms with van der Waals surface area (Å²) in [6, 6.07) is 0. The summed E-state index contributed by atoms with van der Waals surface area (Å²) in [5.74, 6) is 1.07. The highest BCUT2D eigenvalue weighted by molar-refractivity contribution is 4.84. The van der Waals surface area contributed by atoms with E-state index < -0.39 is 0 Å². The molecule has 0 aromatic rings. The molecule has 0 saturated heterocycles. The van der Waals surface area contributed by atoms with E-state index in [4.69, 9.17) is 0 Å². The van der Waals surface area contributed by atoms with E-state index in [2.05, 4.69) is 48.5 Å². The first kappa shape index (κ1) is 16.0. The monoisotopic (exact) mass is 228 g/mol. The molecule has 0 amide bonds. The van der Waals surface area contributed by atoms with Gasteiger partial charge in [0.2, 0.25) is 0 Å². The van der Waals surface area contributed by atoms with Crippen LogP contribution in [0.5, 0.6) is 0 Å². The second kappa shape index (κ2) is 5.53. The average Bonchev–Trinajstić information content (AvgIpc) is 1.99. The fourth-order valence-corrected chi connectivity index (χ4v) is 2.71. The zero-order valence-electron chi connectivity index (χ0n) is 12.6. The van der Waals surface area contributed by atoms with Crippen molar-refractivity contribution in [2.75, 3.05) is 0 Å². The van der Waals surface area contributed by atoms with Crippen molar-refractivity contribution in [1.29, 1.82) is 0 Å². The van der Waals surface area contributed by atoms with Gasteiger partial charge < -0.3 is 5.11 Å². The smallest absolute Gasteiger partial charge is 0.0545 e. The Kier molecular flexibility index (Phi) is 5.52. The zero-order chi connectivity index (χ0) is 13.1. The lowest BCUT2D eigenvalue weighted by Crippen LogP contribution is -2.35. The molecule has 16 heavy (non-hydrogen) atoms. The number of hydrogen-bond acceptors (Lipinski definition) is 1. The van der Waals surface area contributed by atoms with Gasteiger partial charge in [-0.15, -0.1) is 0 Å². The van der Waals surface area contributed by atoms with Crippen LogP contribution in [0.4, 0.5) is 0 Å². The zero-order valence-corrected chi connectivity index (χ0v) is 12.6. The highest BCUT2D eigenvalue weighted by atomic mass is 16.3. The Morgan fingerprint density at radius 1 is 0.938 bits per heavy atom. The predicted octanol–water partition coefficient (Wildman–Crippen LogP) is 4.49. The van der Waals surface area contributed by atoms with Gasteiger partial charge >= 0.3 is 0 Å². The van der Waals surface area contributed by atoms with Crippen molar-refractivity contribution in [3.8, 4) is 0 Å². The number of aliphatic hydroxyl groups excluding tert-OH is 1. The largest absolute Gasteiger partial charge is 0.393 e. The van der Waals surface area contributed by atoms with Crippen LogP contribution in [-0.2, 0) is 0 Å². The van der Waals surface area contributed by atoms with E-state index in [-0.39, 0.29) is 11.5 Å². The summed E-state index contributed by atoms with van der Waals surface area (Å²) in [7, 11) is 0. The molecule has 0 aromatic heterocycles. The average molecular weight is 228 g/mol. The number of hydrogen-bond donors (Lipinski definition) is 1. The fraction of sp³-hybridized carbons (Fsp3) is 1.00. The molecular formula is C15H32O. The van der Waals surface area contributed by atoms with E-state index in [1.807, 2.05) is 6.92 Å². The molecule has 0 aliphatic heterocycles. The minimum Gasteiger partial charge on any atom is -0.393 e. The molecule has 0 heterocycles. The summed E-state index contributed by atoms with van der Waals surface area (Å²) in [5.41, 5.74) is 0.528. The molecular weight excluding hydrogens is 196 g/mol. The summed E-state index contributed by atoms with van der Waals surface area (Å²) in [6.45, 7) is 17.8. The third kappa shape index (κ3) is 4.86. The SMILES string of the molecule is CCC(CC(C(C)O)C(C)(C)C)C(C)(C)C. The van der Waals surface area contributed by atoms with E-state index >= 15 is 0 Å². The summed E-state index contributed by atoms with van der Waals surface area (Å²) in [4.78, 5) is 0. The molecule has 3 unspecified atom stereocenters. The first-order chi connectivity index (χ1) is 7.00. The van der Waals surface area contributed by atoms with Crippen LogP contribution in [0.25, 0.3) is 0 Å². The summed E-state index contributed by atoms with van der Waals surface area (Å²) in [6.07, 6.45) is 2.11. The van der Waals surface area contributed by atoms with Gasteiger partial charge in [0.05, 0.1) is 6.10 Å². The highest BCUT2D eigenvalue weighted by Crippen LogP contribution is 2.40. The first-order valence-corrected chi connectivity index (χ1v) is 6.68. The lowest BCUT2D eigenvalue weighted by atomic mass is 9.67. The third-order valence-electron chi connectivity index (χ3n) is 3.95. The minimum absolute atomic E-state index is 0.187. The maximum atomic E-state index is 9.96. The van der Waals surface area contributed by atoms with Crippen LogP contribution in [0.2, 0.25) is 0 Å². The molecule has 0 spiro atoms. The van der Waals surface area contributed by atoms with Crippen LogP contribution in [0, 0.1) is 22.7 Å². The maximum absolute atomic E-state index is 9.96. The molecule has 0 bridgehead atoms. The molecule has 3 atom stereocenters. The second-order valence-electron chi connectivity index (χ2n) is 7.42. The Labute approximate surface area is 103 Å².